The number of hydrogen-bond donors (Lipinski definition) is 0. The molecule has 4 rings (SSSR count). The normalized spacial score (nSPS) is 18.7. The zero-order valence-electron chi connectivity index (χ0n) is 19.4. The van der Waals surface area contributed by atoms with Crippen molar-refractivity contribution in [1.82, 2.24) is 19.8 Å². The average molecular weight is 454 g/mol. The molecule has 1 aromatic carbocycles. The van der Waals surface area contributed by atoms with Gasteiger partial charge in [0.05, 0.1) is 13.7 Å². The predicted octanol–water partition coefficient (Wildman–Crippen LogP) is 2.92. The zero-order chi connectivity index (χ0) is 23.4. The van der Waals surface area contributed by atoms with Crippen molar-refractivity contribution in [3.05, 3.63) is 42.1 Å². The molecule has 2 saturated heterocycles. The third-order valence-corrected chi connectivity index (χ3v) is 6.10. The quantitative estimate of drug-likeness (QED) is 0.641. The number of carbonyl (C=O) groups excluding carboxylic acids is 2. The summed E-state index contributed by atoms with van der Waals surface area (Å²) in [6.45, 7) is 6.60. The summed E-state index contributed by atoms with van der Waals surface area (Å²) >= 11 is 0. The van der Waals surface area contributed by atoms with Crippen LogP contribution in [0.15, 0.2) is 36.5 Å². The monoisotopic (exact) mass is 453 g/mol. The molecule has 176 valence electrons. The van der Waals surface area contributed by atoms with Crippen LogP contribution in [0.2, 0.25) is 0 Å². The highest BCUT2D eigenvalue weighted by molar-refractivity contribution is 5.96. The van der Waals surface area contributed by atoms with Crippen molar-refractivity contribution < 1.29 is 19.1 Å². The first-order valence-corrected chi connectivity index (χ1v) is 11.4. The smallest absolute Gasteiger partial charge is 0.325 e. The van der Waals surface area contributed by atoms with Gasteiger partial charge in [0, 0.05) is 37.6 Å². The number of piperidine rings is 1. The summed E-state index contributed by atoms with van der Waals surface area (Å²) in [7, 11) is 1.50. The van der Waals surface area contributed by atoms with E-state index in [-0.39, 0.29) is 30.6 Å². The molecule has 2 aromatic rings. The summed E-state index contributed by atoms with van der Waals surface area (Å²) in [6.07, 6.45) is 3.08. The third-order valence-electron chi connectivity index (χ3n) is 6.10. The molecule has 1 unspecified atom stereocenters. The summed E-state index contributed by atoms with van der Waals surface area (Å²) in [6, 6.07) is 9.87. The van der Waals surface area contributed by atoms with E-state index < -0.39 is 0 Å². The molecule has 9 nitrogen and oxygen atoms in total. The molecule has 1 atom stereocenters. The molecular formula is C24H31N5O4. The zero-order valence-corrected chi connectivity index (χ0v) is 19.4. The SMILES string of the molecule is COc1nccc(OC2CCCN(C(=O)CN3CCN(c4ccc(C(C)C)cc4)C3=O)C2)n1. The van der Waals surface area contributed by atoms with Gasteiger partial charge < -0.3 is 19.3 Å². The van der Waals surface area contributed by atoms with Crippen molar-refractivity contribution in [1.29, 1.82) is 0 Å². The first-order valence-electron chi connectivity index (χ1n) is 11.4. The number of aromatic nitrogens is 2. The molecule has 0 saturated carbocycles. The van der Waals surface area contributed by atoms with Crippen molar-refractivity contribution >= 4 is 17.6 Å². The molecule has 33 heavy (non-hydrogen) atoms. The number of methoxy groups -OCH3 is 1. The fourth-order valence-electron chi connectivity index (χ4n) is 4.19. The molecule has 2 aliphatic rings. The van der Waals surface area contributed by atoms with Crippen molar-refractivity contribution in [3.8, 4) is 11.9 Å². The van der Waals surface area contributed by atoms with Gasteiger partial charge in [-0.2, -0.15) is 4.98 Å². The first-order chi connectivity index (χ1) is 15.9. The number of anilines is 1. The third kappa shape index (κ3) is 5.35. The number of ether oxygens (including phenoxy) is 2. The molecule has 0 radical (unpaired) electrons. The second-order valence-electron chi connectivity index (χ2n) is 8.71. The van der Waals surface area contributed by atoms with Crippen molar-refractivity contribution in [3.63, 3.8) is 0 Å². The van der Waals surface area contributed by atoms with Gasteiger partial charge in [-0.25, -0.2) is 9.78 Å². The second-order valence-corrected chi connectivity index (χ2v) is 8.71. The lowest BCUT2D eigenvalue weighted by Crippen LogP contribution is -2.48. The van der Waals surface area contributed by atoms with Crippen LogP contribution in [0, 0.1) is 0 Å². The highest BCUT2D eigenvalue weighted by atomic mass is 16.5. The molecule has 1 aromatic heterocycles. The number of likely N-dealkylation sites (tertiary alicyclic amines) is 1. The van der Waals surface area contributed by atoms with E-state index in [0.29, 0.717) is 38.0 Å². The van der Waals surface area contributed by atoms with Gasteiger partial charge in [-0.3, -0.25) is 9.69 Å². The van der Waals surface area contributed by atoms with E-state index in [1.807, 2.05) is 12.1 Å². The number of benzene rings is 1. The molecule has 2 fully saturated rings. The van der Waals surface area contributed by atoms with Gasteiger partial charge in [0.1, 0.15) is 12.6 Å². The molecular weight excluding hydrogens is 422 g/mol. The maximum Gasteiger partial charge on any atom is 0.325 e. The van der Waals surface area contributed by atoms with Crippen LogP contribution >= 0.6 is 0 Å². The van der Waals surface area contributed by atoms with Crippen LogP contribution in [0.4, 0.5) is 10.5 Å². The van der Waals surface area contributed by atoms with Crippen molar-refractivity contribution in [2.24, 2.45) is 0 Å². The molecule has 0 N–H and O–H groups in total. The largest absolute Gasteiger partial charge is 0.472 e. The average Bonchev–Trinajstić information content (AvgIpc) is 3.19. The molecule has 0 bridgehead atoms. The highest BCUT2D eigenvalue weighted by Gasteiger charge is 2.33. The van der Waals surface area contributed by atoms with Crippen LogP contribution in [0.25, 0.3) is 0 Å². The number of rotatable bonds is 7. The predicted molar refractivity (Wildman–Crippen MR) is 124 cm³/mol. The topological polar surface area (TPSA) is 88.1 Å². The van der Waals surface area contributed by atoms with E-state index >= 15 is 0 Å². The highest BCUT2D eigenvalue weighted by Crippen LogP contribution is 2.24. The van der Waals surface area contributed by atoms with Gasteiger partial charge in [0.15, 0.2) is 0 Å². The van der Waals surface area contributed by atoms with Crippen LogP contribution in [0.5, 0.6) is 11.9 Å². The van der Waals surface area contributed by atoms with Gasteiger partial charge in [-0.1, -0.05) is 26.0 Å². The van der Waals surface area contributed by atoms with Gasteiger partial charge in [-0.15, -0.1) is 0 Å². The number of amides is 3. The minimum atomic E-state index is -0.160. The maximum atomic E-state index is 13.0. The lowest BCUT2D eigenvalue weighted by atomic mass is 10.0. The van der Waals surface area contributed by atoms with Crippen LogP contribution < -0.4 is 14.4 Å². The number of hydrogen-bond acceptors (Lipinski definition) is 6. The van der Waals surface area contributed by atoms with Crippen LogP contribution in [-0.4, -0.2) is 77.6 Å². The Bertz CT molecular complexity index is 981. The fraction of sp³-hybridized carbons (Fsp3) is 0.500. The van der Waals surface area contributed by atoms with E-state index in [2.05, 4.69) is 35.9 Å². The van der Waals surface area contributed by atoms with Gasteiger partial charge in [0.2, 0.25) is 11.8 Å². The van der Waals surface area contributed by atoms with E-state index in [1.165, 1.54) is 12.7 Å². The Morgan fingerprint density at radius 3 is 2.67 bits per heavy atom. The standard InChI is InChI=1S/C24H31N5O4/c1-17(2)18-6-8-19(9-7-18)29-14-13-28(24(29)31)16-22(30)27-12-4-5-20(15-27)33-21-10-11-25-23(26-21)32-3/h6-11,17,20H,4-5,12-16H2,1-3H3. The Balaban J connectivity index is 1.32. The lowest BCUT2D eigenvalue weighted by molar-refractivity contribution is -0.134. The molecule has 2 aliphatic heterocycles. The summed E-state index contributed by atoms with van der Waals surface area (Å²) < 4.78 is 11.0. The Morgan fingerprint density at radius 1 is 1.15 bits per heavy atom. The molecule has 9 heteroatoms. The van der Waals surface area contributed by atoms with Crippen LogP contribution in [0.1, 0.15) is 38.2 Å². The van der Waals surface area contributed by atoms with Crippen LogP contribution in [0.3, 0.4) is 0 Å². The number of nitrogens with zero attached hydrogens (tertiary/aromatic N) is 5. The second kappa shape index (κ2) is 10.1. The Morgan fingerprint density at radius 2 is 1.94 bits per heavy atom. The molecule has 3 heterocycles. The van der Waals surface area contributed by atoms with Gasteiger partial charge in [-0.05, 0) is 36.5 Å². The summed E-state index contributed by atoms with van der Waals surface area (Å²) in [5.41, 5.74) is 2.10. The van der Waals surface area contributed by atoms with Gasteiger partial charge in [0.25, 0.3) is 0 Å². The number of urea groups is 1. The first kappa shape index (κ1) is 22.8. The van der Waals surface area contributed by atoms with Gasteiger partial charge >= 0.3 is 12.0 Å². The van der Waals surface area contributed by atoms with Crippen LogP contribution in [-0.2, 0) is 4.79 Å². The molecule has 0 aliphatic carbocycles. The Labute approximate surface area is 194 Å². The molecule has 0 spiro atoms. The maximum absolute atomic E-state index is 13.0. The summed E-state index contributed by atoms with van der Waals surface area (Å²) in [5.74, 6) is 0.806. The lowest BCUT2D eigenvalue weighted by Gasteiger charge is -2.33. The minimum Gasteiger partial charge on any atom is -0.472 e. The Kier molecular flexibility index (Phi) is 6.96. The van der Waals surface area contributed by atoms with Crippen molar-refractivity contribution in [2.75, 3.05) is 44.7 Å². The summed E-state index contributed by atoms with van der Waals surface area (Å²) in [4.78, 5) is 39.2. The van der Waals surface area contributed by atoms with E-state index in [9.17, 15) is 9.59 Å². The van der Waals surface area contributed by atoms with E-state index in [4.69, 9.17) is 9.47 Å². The fourth-order valence-corrected chi connectivity index (χ4v) is 4.19. The molecule has 3 amide bonds. The summed E-state index contributed by atoms with van der Waals surface area (Å²) in [5, 5.41) is 0. The number of carbonyl (C=O) groups is 2. The van der Waals surface area contributed by atoms with E-state index in [1.54, 1.807) is 27.0 Å². The van der Waals surface area contributed by atoms with Crippen molar-refractivity contribution in [2.45, 2.75) is 38.7 Å². The Hall–Kier alpha value is -3.36. The minimum absolute atomic E-state index is 0.0612. The van der Waals surface area contributed by atoms with E-state index in [0.717, 1.165) is 18.5 Å².